The molecule has 3 heteroatoms. The molecular formula is C12H22N2O. The highest BCUT2D eigenvalue weighted by Crippen LogP contribution is 2.21. The number of piperidine rings is 1. The molecule has 2 amide bonds. The minimum Gasteiger partial charge on any atom is -0.324 e. The molecule has 86 valence electrons. The third kappa shape index (κ3) is 2.44. The summed E-state index contributed by atoms with van der Waals surface area (Å²) in [6.45, 7) is 8.32. The number of rotatable bonds is 0. The molecule has 2 saturated heterocycles. The Hall–Kier alpha value is -0.730. The Kier molecular flexibility index (Phi) is 3.17. The summed E-state index contributed by atoms with van der Waals surface area (Å²) in [4.78, 5) is 16.2. The van der Waals surface area contributed by atoms with E-state index in [1.807, 2.05) is 9.80 Å². The lowest BCUT2D eigenvalue weighted by atomic mass is 10.0. The van der Waals surface area contributed by atoms with Crippen molar-refractivity contribution in [2.75, 3.05) is 26.2 Å². The first-order valence-electron chi connectivity index (χ1n) is 6.20. The summed E-state index contributed by atoms with van der Waals surface area (Å²) < 4.78 is 0. The van der Waals surface area contributed by atoms with Gasteiger partial charge >= 0.3 is 6.03 Å². The third-order valence-electron chi connectivity index (χ3n) is 3.62. The topological polar surface area (TPSA) is 23.6 Å². The summed E-state index contributed by atoms with van der Waals surface area (Å²) in [6, 6.07) is 0.283. The molecule has 0 aromatic carbocycles. The van der Waals surface area contributed by atoms with Crippen molar-refractivity contribution in [3.8, 4) is 0 Å². The predicted molar refractivity (Wildman–Crippen MR) is 60.7 cm³/mol. The van der Waals surface area contributed by atoms with Gasteiger partial charge in [0.25, 0.3) is 0 Å². The van der Waals surface area contributed by atoms with Crippen LogP contribution in [0.3, 0.4) is 0 Å². The van der Waals surface area contributed by atoms with E-state index in [1.54, 1.807) is 0 Å². The quantitative estimate of drug-likeness (QED) is 0.601. The average molecular weight is 210 g/mol. The summed E-state index contributed by atoms with van der Waals surface area (Å²) in [7, 11) is 0. The fourth-order valence-electron chi connectivity index (χ4n) is 2.67. The van der Waals surface area contributed by atoms with Crippen molar-refractivity contribution in [2.24, 2.45) is 11.8 Å². The molecular weight excluding hydrogens is 188 g/mol. The standard InChI is InChI=1S/C12H22N2O/c1-10-4-3-6-13(8-10)12(15)14-7-5-11(2)9-14/h10-11H,3-9H2,1-2H3. The van der Waals surface area contributed by atoms with E-state index in [0.29, 0.717) is 11.8 Å². The lowest BCUT2D eigenvalue weighted by molar-refractivity contribution is 0.138. The van der Waals surface area contributed by atoms with Crippen LogP contribution in [0.1, 0.15) is 33.1 Å². The molecule has 2 fully saturated rings. The van der Waals surface area contributed by atoms with E-state index in [0.717, 1.165) is 26.2 Å². The largest absolute Gasteiger partial charge is 0.324 e. The molecule has 2 heterocycles. The zero-order valence-corrected chi connectivity index (χ0v) is 9.91. The molecule has 0 spiro atoms. The summed E-state index contributed by atoms with van der Waals surface area (Å²) in [5.41, 5.74) is 0. The third-order valence-corrected chi connectivity index (χ3v) is 3.62. The Balaban J connectivity index is 1.89. The van der Waals surface area contributed by atoms with Crippen LogP contribution in [0.4, 0.5) is 4.79 Å². The zero-order valence-electron chi connectivity index (χ0n) is 9.91. The van der Waals surface area contributed by atoms with E-state index in [2.05, 4.69) is 13.8 Å². The molecule has 0 radical (unpaired) electrons. The van der Waals surface area contributed by atoms with Crippen molar-refractivity contribution in [2.45, 2.75) is 33.1 Å². The first-order chi connectivity index (χ1) is 7.16. The number of nitrogens with zero attached hydrogens (tertiary/aromatic N) is 2. The van der Waals surface area contributed by atoms with Gasteiger partial charge in [0.1, 0.15) is 0 Å². The molecule has 0 aromatic heterocycles. The highest BCUT2D eigenvalue weighted by atomic mass is 16.2. The van der Waals surface area contributed by atoms with Crippen LogP contribution in [0, 0.1) is 11.8 Å². The van der Waals surface area contributed by atoms with Crippen LogP contribution in [0.15, 0.2) is 0 Å². The van der Waals surface area contributed by atoms with Crippen LogP contribution in [0.2, 0.25) is 0 Å². The maximum atomic E-state index is 12.1. The number of hydrogen-bond acceptors (Lipinski definition) is 1. The second-order valence-electron chi connectivity index (χ2n) is 5.32. The molecule has 0 aromatic rings. The van der Waals surface area contributed by atoms with Crippen LogP contribution in [0.5, 0.6) is 0 Å². The molecule has 2 rings (SSSR count). The van der Waals surface area contributed by atoms with Crippen LogP contribution in [-0.4, -0.2) is 42.0 Å². The maximum Gasteiger partial charge on any atom is 0.320 e. The Morgan fingerprint density at radius 3 is 2.13 bits per heavy atom. The molecule has 0 aliphatic carbocycles. The molecule has 0 N–H and O–H groups in total. The van der Waals surface area contributed by atoms with Crippen molar-refractivity contribution in [1.29, 1.82) is 0 Å². The fourth-order valence-corrected chi connectivity index (χ4v) is 2.67. The Labute approximate surface area is 92.4 Å². The summed E-state index contributed by atoms with van der Waals surface area (Å²) in [5, 5.41) is 0. The fraction of sp³-hybridized carbons (Fsp3) is 0.917. The van der Waals surface area contributed by atoms with Crippen LogP contribution < -0.4 is 0 Å². The number of hydrogen-bond donors (Lipinski definition) is 0. The van der Waals surface area contributed by atoms with Gasteiger partial charge in [-0.1, -0.05) is 13.8 Å². The van der Waals surface area contributed by atoms with Gasteiger partial charge in [0, 0.05) is 26.2 Å². The van der Waals surface area contributed by atoms with Gasteiger partial charge in [-0.2, -0.15) is 0 Å². The molecule has 0 saturated carbocycles. The van der Waals surface area contributed by atoms with Gasteiger partial charge in [-0.15, -0.1) is 0 Å². The smallest absolute Gasteiger partial charge is 0.320 e. The van der Waals surface area contributed by atoms with Crippen LogP contribution in [0.25, 0.3) is 0 Å². The lowest BCUT2D eigenvalue weighted by Gasteiger charge is -2.34. The van der Waals surface area contributed by atoms with Crippen molar-refractivity contribution >= 4 is 6.03 Å². The Morgan fingerprint density at radius 1 is 1.00 bits per heavy atom. The molecule has 3 nitrogen and oxygen atoms in total. The van der Waals surface area contributed by atoms with Crippen molar-refractivity contribution in [3.63, 3.8) is 0 Å². The second-order valence-corrected chi connectivity index (χ2v) is 5.32. The maximum absolute atomic E-state index is 12.1. The van der Waals surface area contributed by atoms with E-state index >= 15 is 0 Å². The van der Waals surface area contributed by atoms with Gasteiger partial charge in [-0.05, 0) is 31.1 Å². The Morgan fingerprint density at radius 2 is 1.60 bits per heavy atom. The summed E-state index contributed by atoms with van der Waals surface area (Å²) >= 11 is 0. The molecule has 2 atom stereocenters. The zero-order chi connectivity index (χ0) is 10.8. The van der Waals surface area contributed by atoms with Gasteiger partial charge in [-0.3, -0.25) is 0 Å². The molecule has 2 aliphatic heterocycles. The summed E-state index contributed by atoms with van der Waals surface area (Å²) in [5.74, 6) is 1.37. The lowest BCUT2D eigenvalue weighted by Crippen LogP contribution is -2.46. The van der Waals surface area contributed by atoms with Gasteiger partial charge in [0.15, 0.2) is 0 Å². The van der Waals surface area contributed by atoms with Gasteiger partial charge in [0.05, 0.1) is 0 Å². The van der Waals surface area contributed by atoms with E-state index < -0.39 is 0 Å². The minimum atomic E-state index is 0.283. The minimum absolute atomic E-state index is 0.283. The normalized spacial score (nSPS) is 32.1. The van der Waals surface area contributed by atoms with E-state index in [-0.39, 0.29) is 6.03 Å². The Bertz CT molecular complexity index is 242. The van der Waals surface area contributed by atoms with Crippen molar-refractivity contribution < 1.29 is 4.79 Å². The van der Waals surface area contributed by atoms with Gasteiger partial charge in [0.2, 0.25) is 0 Å². The molecule has 0 bridgehead atoms. The SMILES string of the molecule is CC1CCCN(C(=O)N2CCC(C)C2)C1. The highest BCUT2D eigenvalue weighted by molar-refractivity contribution is 5.74. The van der Waals surface area contributed by atoms with Crippen LogP contribution in [-0.2, 0) is 0 Å². The van der Waals surface area contributed by atoms with E-state index in [1.165, 1.54) is 19.3 Å². The first kappa shape index (κ1) is 10.8. The van der Waals surface area contributed by atoms with Crippen LogP contribution >= 0.6 is 0 Å². The van der Waals surface area contributed by atoms with Crippen molar-refractivity contribution in [3.05, 3.63) is 0 Å². The van der Waals surface area contributed by atoms with E-state index in [4.69, 9.17) is 0 Å². The van der Waals surface area contributed by atoms with Gasteiger partial charge in [-0.25, -0.2) is 4.79 Å². The predicted octanol–water partition coefficient (Wildman–Crippen LogP) is 2.18. The number of amides is 2. The average Bonchev–Trinajstić information content (AvgIpc) is 2.64. The molecule has 15 heavy (non-hydrogen) atoms. The molecule has 2 aliphatic rings. The first-order valence-corrected chi connectivity index (χ1v) is 6.20. The summed E-state index contributed by atoms with van der Waals surface area (Å²) in [6.07, 6.45) is 3.63. The molecule has 2 unspecified atom stereocenters. The number of likely N-dealkylation sites (tertiary alicyclic amines) is 2. The number of carbonyl (C=O) groups is 1. The highest BCUT2D eigenvalue weighted by Gasteiger charge is 2.29. The van der Waals surface area contributed by atoms with Crippen molar-refractivity contribution in [1.82, 2.24) is 9.80 Å². The monoisotopic (exact) mass is 210 g/mol. The number of urea groups is 1. The number of carbonyl (C=O) groups excluding carboxylic acids is 1. The second kappa shape index (κ2) is 4.42. The van der Waals surface area contributed by atoms with E-state index in [9.17, 15) is 4.79 Å². The van der Waals surface area contributed by atoms with Gasteiger partial charge < -0.3 is 9.80 Å².